The van der Waals surface area contributed by atoms with E-state index in [0.717, 1.165) is 32.1 Å². The number of aliphatic hydroxyl groups is 3. The van der Waals surface area contributed by atoms with Gasteiger partial charge in [-0.25, -0.2) is 4.57 Å². The van der Waals surface area contributed by atoms with Crippen molar-refractivity contribution in [2.75, 3.05) is 26.4 Å². The molecule has 3 atom stereocenters. The average Bonchev–Trinajstić information content (AvgIpc) is 2.82. The van der Waals surface area contributed by atoms with E-state index >= 15 is 0 Å². The van der Waals surface area contributed by atoms with Gasteiger partial charge < -0.3 is 24.9 Å². The molecular weight excluding hydrogens is 463 g/mol. The Morgan fingerprint density at radius 3 is 1.85 bits per heavy atom. The summed E-state index contributed by atoms with van der Waals surface area (Å²) >= 11 is 0. The van der Waals surface area contributed by atoms with Gasteiger partial charge in [-0.15, -0.1) is 0 Å². The molecule has 0 rings (SSSR count). The third-order valence-electron chi connectivity index (χ3n) is 5.15. The SMILES string of the molecule is CCCCCCCC/C=C\CCCCCCCC(=O)OC[C@@H](O)COP(=O)(O)OC[C@H](O)CO. The molecule has 0 aliphatic carbocycles. The molecule has 4 N–H and O–H groups in total. The summed E-state index contributed by atoms with van der Waals surface area (Å²) in [6, 6.07) is 0. The third kappa shape index (κ3) is 23.0. The maximum absolute atomic E-state index is 11.7. The first kappa shape index (κ1) is 33.2. The molecule has 0 heterocycles. The Balaban J connectivity index is 3.56. The number of esters is 1. The van der Waals surface area contributed by atoms with Crippen LogP contribution in [-0.2, 0) is 23.1 Å². The molecule has 0 radical (unpaired) electrons. The molecule has 0 aromatic rings. The number of unbranched alkanes of at least 4 members (excludes halogenated alkanes) is 11. The van der Waals surface area contributed by atoms with Crippen molar-refractivity contribution in [3.05, 3.63) is 12.2 Å². The van der Waals surface area contributed by atoms with Crippen LogP contribution in [0.4, 0.5) is 0 Å². The smallest absolute Gasteiger partial charge is 0.463 e. The first-order chi connectivity index (χ1) is 16.3. The van der Waals surface area contributed by atoms with Crippen LogP contribution in [0.1, 0.15) is 96.8 Å². The highest BCUT2D eigenvalue weighted by atomic mass is 31.2. The monoisotopic (exact) mass is 510 g/mol. The van der Waals surface area contributed by atoms with E-state index in [1.807, 2.05) is 0 Å². The van der Waals surface area contributed by atoms with Crippen LogP contribution >= 0.6 is 7.82 Å². The lowest BCUT2D eigenvalue weighted by Gasteiger charge is -2.16. The second-order valence-electron chi connectivity index (χ2n) is 8.57. The van der Waals surface area contributed by atoms with Crippen LogP contribution in [-0.4, -0.2) is 64.8 Å². The van der Waals surface area contributed by atoms with Gasteiger partial charge in [-0.2, -0.15) is 0 Å². The summed E-state index contributed by atoms with van der Waals surface area (Å²) in [6.45, 7) is 0.0769. The molecule has 0 aromatic carbocycles. The highest BCUT2D eigenvalue weighted by Crippen LogP contribution is 2.43. The normalized spacial score (nSPS) is 15.3. The first-order valence-corrected chi connectivity index (χ1v) is 14.2. The first-order valence-electron chi connectivity index (χ1n) is 12.7. The van der Waals surface area contributed by atoms with Gasteiger partial charge in [-0.1, -0.05) is 70.4 Å². The fourth-order valence-electron chi connectivity index (χ4n) is 3.10. The Hall–Kier alpha value is -0.800. The molecule has 10 heteroatoms. The van der Waals surface area contributed by atoms with Crippen LogP contribution in [0.5, 0.6) is 0 Å². The van der Waals surface area contributed by atoms with E-state index in [1.165, 1.54) is 44.9 Å². The largest absolute Gasteiger partial charge is 0.472 e. The van der Waals surface area contributed by atoms with E-state index in [9.17, 15) is 19.4 Å². The van der Waals surface area contributed by atoms with E-state index < -0.39 is 45.8 Å². The summed E-state index contributed by atoms with van der Waals surface area (Å²) in [5.74, 6) is -0.439. The maximum Gasteiger partial charge on any atom is 0.472 e. The topological polar surface area (TPSA) is 143 Å². The second kappa shape index (κ2) is 22.7. The van der Waals surface area contributed by atoms with Crippen molar-refractivity contribution >= 4 is 13.8 Å². The Morgan fingerprint density at radius 2 is 1.29 bits per heavy atom. The average molecular weight is 511 g/mol. The van der Waals surface area contributed by atoms with Crippen molar-refractivity contribution in [1.29, 1.82) is 0 Å². The van der Waals surface area contributed by atoms with Gasteiger partial charge in [0.15, 0.2) is 0 Å². The molecule has 0 aromatic heterocycles. The summed E-state index contributed by atoms with van der Waals surface area (Å²) in [4.78, 5) is 21.1. The summed E-state index contributed by atoms with van der Waals surface area (Å²) in [5, 5.41) is 27.4. The molecule has 0 fully saturated rings. The lowest BCUT2D eigenvalue weighted by molar-refractivity contribution is -0.147. The molecule has 9 nitrogen and oxygen atoms in total. The van der Waals surface area contributed by atoms with Gasteiger partial charge in [0, 0.05) is 6.42 Å². The van der Waals surface area contributed by atoms with Gasteiger partial charge in [0.25, 0.3) is 0 Å². The van der Waals surface area contributed by atoms with E-state index in [0.29, 0.717) is 6.42 Å². The standard InChI is InChI=1S/C24H47O9P/c1-2-3-4-5-6-7-8-9-10-11-12-13-14-15-16-17-24(28)31-19-23(27)21-33-34(29,30)32-20-22(26)18-25/h9-10,22-23,25-27H,2-8,11-21H2,1H3,(H,29,30)/b10-9-/t22-,23-/m1/s1. The Morgan fingerprint density at radius 1 is 0.794 bits per heavy atom. The number of phosphoric ester groups is 1. The molecule has 0 bridgehead atoms. The van der Waals surface area contributed by atoms with Crippen molar-refractivity contribution in [3.63, 3.8) is 0 Å². The van der Waals surface area contributed by atoms with Crippen molar-refractivity contribution in [2.45, 2.75) is 109 Å². The van der Waals surface area contributed by atoms with Crippen molar-refractivity contribution in [2.24, 2.45) is 0 Å². The van der Waals surface area contributed by atoms with Gasteiger partial charge in [0.05, 0.1) is 19.8 Å². The lowest BCUT2D eigenvalue weighted by atomic mass is 10.1. The van der Waals surface area contributed by atoms with Crippen LogP contribution in [0.3, 0.4) is 0 Å². The van der Waals surface area contributed by atoms with Gasteiger partial charge in [-0.3, -0.25) is 13.8 Å². The number of carbonyl (C=O) groups is 1. The predicted octanol–water partition coefficient (Wildman–Crippen LogP) is 4.41. The van der Waals surface area contributed by atoms with E-state index in [2.05, 4.69) is 28.1 Å². The van der Waals surface area contributed by atoms with E-state index in [4.69, 9.17) is 14.9 Å². The zero-order valence-electron chi connectivity index (χ0n) is 20.8. The predicted molar refractivity (Wildman–Crippen MR) is 131 cm³/mol. The fraction of sp³-hybridized carbons (Fsp3) is 0.875. The number of rotatable bonds is 24. The summed E-state index contributed by atoms with van der Waals surface area (Å²) in [5.41, 5.74) is 0. The number of aliphatic hydroxyl groups excluding tert-OH is 3. The van der Waals surface area contributed by atoms with Gasteiger partial charge >= 0.3 is 13.8 Å². The Bertz CT molecular complexity index is 557. The van der Waals surface area contributed by atoms with Gasteiger partial charge in [0.1, 0.15) is 18.8 Å². The fourth-order valence-corrected chi connectivity index (χ4v) is 3.90. The number of ether oxygens (including phenoxy) is 1. The second-order valence-corrected chi connectivity index (χ2v) is 10.0. The number of allylic oxidation sites excluding steroid dienone is 2. The molecule has 202 valence electrons. The number of hydrogen-bond acceptors (Lipinski definition) is 8. The molecule has 34 heavy (non-hydrogen) atoms. The van der Waals surface area contributed by atoms with E-state index in [1.54, 1.807) is 0 Å². The van der Waals surface area contributed by atoms with Crippen LogP contribution < -0.4 is 0 Å². The number of hydrogen-bond donors (Lipinski definition) is 4. The summed E-state index contributed by atoms with van der Waals surface area (Å²) < 4.78 is 25.5. The zero-order chi connectivity index (χ0) is 25.5. The van der Waals surface area contributed by atoms with E-state index in [-0.39, 0.29) is 13.0 Å². The molecule has 0 spiro atoms. The molecule has 0 aliphatic rings. The quantitative estimate of drug-likeness (QED) is 0.0642. The molecule has 0 saturated heterocycles. The minimum atomic E-state index is -4.48. The molecule has 1 unspecified atom stereocenters. The highest BCUT2D eigenvalue weighted by Gasteiger charge is 2.24. The Kier molecular flexibility index (Phi) is 22.1. The minimum absolute atomic E-state index is 0.256. The van der Waals surface area contributed by atoms with Crippen molar-refractivity contribution in [3.8, 4) is 0 Å². The highest BCUT2D eigenvalue weighted by molar-refractivity contribution is 7.47. The van der Waals surface area contributed by atoms with Crippen LogP contribution in [0.25, 0.3) is 0 Å². The summed E-state index contributed by atoms with van der Waals surface area (Å²) in [6.07, 6.45) is 17.5. The molecule has 0 amide bonds. The third-order valence-corrected chi connectivity index (χ3v) is 6.10. The lowest BCUT2D eigenvalue weighted by Crippen LogP contribution is -2.24. The zero-order valence-corrected chi connectivity index (χ0v) is 21.7. The van der Waals surface area contributed by atoms with Gasteiger partial charge in [-0.05, 0) is 32.1 Å². The minimum Gasteiger partial charge on any atom is -0.463 e. The molecule has 0 aliphatic heterocycles. The molecular formula is C24H47O9P. The number of carbonyl (C=O) groups excluding carboxylic acids is 1. The molecule has 0 saturated carbocycles. The number of phosphoric acid groups is 1. The van der Waals surface area contributed by atoms with Crippen LogP contribution in [0.15, 0.2) is 12.2 Å². The summed E-state index contributed by atoms with van der Waals surface area (Å²) in [7, 11) is -4.48. The van der Waals surface area contributed by atoms with Crippen molar-refractivity contribution < 1.29 is 43.4 Å². The van der Waals surface area contributed by atoms with Crippen LogP contribution in [0.2, 0.25) is 0 Å². The van der Waals surface area contributed by atoms with Crippen LogP contribution in [0, 0.1) is 0 Å². The van der Waals surface area contributed by atoms with Crippen molar-refractivity contribution in [1.82, 2.24) is 0 Å². The maximum atomic E-state index is 11.7. The van der Waals surface area contributed by atoms with Gasteiger partial charge in [0.2, 0.25) is 0 Å². The Labute approximate surface area is 205 Å².